The van der Waals surface area contributed by atoms with Crippen molar-refractivity contribution < 1.29 is 8.42 Å². The second-order valence-electron chi connectivity index (χ2n) is 6.41. The predicted octanol–water partition coefficient (Wildman–Crippen LogP) is 2.17. The van der Waals surface area contributed by atoms with Gasteiger partial charge in [-0.1, -0.05) is 32.9 Å². The first kappa shape index (κ1) is 17.1. The highest BCUT2D eigenvalue weighted by atomic mass is 32.2. The lowest BCUT2D eigenvalue weighted by Crippen LogP contribution is -2.33. The summed E-state index contributed by atoms with van der Waals surface area (Å²) in [5.74, 6) is 0. The lowest BCUT2D eigenvalue weighted by Gasteiger charge is -2.22. The van der Waals surface area contributed by atoms with Gasteiger partial charge in [0.15, 0.2) is 0 Å². The van der Waals surface area contributed by atoms with E-state index in [0.717, 1.165) is 5.56 Å². The zero-order valence-electron chi connectivity index (χ0n) is 13.3. The molecule has 20 heavy (non-hydrogen) atoms. The van der Waals surface area contributed by atoms with Gasteiger partial charge in [0.1, 0.15) is 0 Å². The van der Waals surface area contributed by atoms with Crippen LogP contribution < -0.4 is 0 Å². The Labute approximate surface area is 123 Å². The van der Waals surface area contributed by atoms with Crippen molar-refractivity contribution >= 4 is 10.0 Å². The lowest BCUT2D eigenvalue weighted by atomic mass is 9.87. The van der Waals surface area contributed by atoms with Gasteiger partial charge in [-0.2, -0.15) is 4.31 Å². The molecular formula is C15H26N2O2S. The quantitative estimate of drug-likeness (QED) is 0.836. The SMILES string of the molecule is CN(C)CCN(C)S(=O)(=O)c1cccc(C(C)(C)C)c1. The van der Waals surface area contributed by atoms with E-state index in [0.29, 0.717) is 18.0 Å². The molecule has 0 spiro atoms. The van der Waals surface area contributed by atoms with Crippen molar-refractivity contribution in [3.8, 4) is 0 Å². The molecular weight excluding hydrogens is 272 g/mol. The summed E-state index contributed by atoms with van der Waals surface area (Å²) >= 11 is 0. The van der Waals surface area contributed by atoms with Gasteiger partial charge in [-0.3, -0.25) is 0 Å². The van der Waals surface area contributed by atoms with Crippen LogP contribution in [0.25, 0.3) is 0 Å². The van der Waals surface area contributed by atoms with Crippen LogP contribution in [0, 0.1) is 0 Å². The molecule has 0 bridgehead atoms. The molecule has 0 aliphatic rings. The second kappa shape index (κ2) is 6.24. The summed E-state index contributed by atoms with van der Waals surface area (Å²) in [5, 5.41) is 0. The van der Waals surface area contributed by atoms with Gasteiger partial charge in [0.25, 0.3) is 0 Å². The van der Waals surface area contributed by atoms with Crippen molar-refractivity contribution in [3.63, 3.8) is 0 Å². The van der Waals surface area contributed by atoms with Crippen molar-refractivity contribution in [2.45, 2.75) is 31.1 Å². The Bertz CT molecular complexity index is 545. The molecule has 4 nitrogen and oxygen atoms in total. The van der Waals surface area contributed by atoms with Gasteiger partial charge in [0.2, 0.25) is 10.0 Å². The van der Waals surface area contributed by atoms with E-state index >= 15 is 0 Å². The number of hydrogen-bond donors (Lipinski definition) is 0. The van der Waals surface area contributed by atoms with Crippen molar-refractivity contribution in [3.05, 3.63) is 29.8 Å². The first-order chi connectivity index (χ1) is 9.05. The normalized spacial score (nSPS) is 13.2. The molecule has 0 fully saturated rings. The molecule has 0 saturated heterocycles. The topological polar surface area (TPSA) is 40.6 Å². The van der Waals surface area contributed by atoms with Crippen LogP contribution in [0.2, 0.25) is 0 Å². The summed E-state index contributed by atoms with van der Waals surface area (Å²) in [4.78, 5) is 2.34. The minimum absolute atomic E-state index is 0.0618. The Morgan fingerprint density at radius 2 is 1.65 bits per heavy atom. The standard InChI is InChI=1S/C15H26N2O2S/c1-15(2,3)13-8-7-9-14(12-13)20(18,19)17(6)11-10-16(4)5/h7-9,12H,10-11H2,1-6H3. The van der Waals surface area contributed by atoms with E-state index in [1.165, 1.54) is 4.31 Å². The van der Waals surface area contributed by atoms with Gasteiger partial charge in [-0.25, -0.2) is 8.42 Å². The molecule has 0 radical (unpaired) electrons. The van der Waals surface area contributed by atoms with Crippen LogP contribution in [0.15, 0.2) is 29.2 Å². The van der Waals surface area contributed by atoms with Crippen LogP contribution in [0.5, 0.6) is 0 Å². The molecule has 0 aliphatic carbocycles. The van der Waals surface area contributed by atoms with E-state index in [1.807, 2.05) is 31.1 Å². The molecule has 0 atom stereocenters. The summed E-state index contributed by atoms with van der Waals surface area (Å²) < 4.78 is 26.5. The molecule has 1 aromatic rings. The van der Waals surface area contributed by atoms with Crippen molar-refractivity contribution in [2.75, 3.05) is 34.2 Å². The molecule has 0 amide bonds. The van der Waals surface area contributed by atoms with Gasteiger partial charge >= 0.3 is 0 Å². The zero-order chi connectivity index (χ0) is 15.6. The third kappa shape index (κ3) is 4.30. The third-order valence-corrected chi connectivity index (χ3v) is 5.12. The predicted molar refractivity (Wildman–Crippen MR) is 83.5 cm³/mol. The van der Waals surface area contributed by atoms with E-state index in [9.17, 15) is 8.42 Å². The summed E-state index contributed by atoms with van der Waals surface area (Å²) in [7, 11) is 2.08. The molecule has 0 heterocycles. The number of rotatable bonds is 5. The van der Waals surface area contributed by atoms with Gasteiger partial charge in [0, 0.05) is 20.1 Å². The molecule has 1 aromatic carbocycles. The monoisotopic (exact) mass is 298 g/mol. The molecule has 5 heteroatoms. The summed E-state index contributed by atoms with van der Waals surface area (Å²) in [6, 6.07) is 7.23. The molecule has 0 aliphatic heterocycles. The highest BCUT2D eigenvalue weighted by Crippen LogP contribution is 2.25. The van der Waals surface area contributed by atoms with Crippen molar-refractivity contribution in [2.24, 2.45) is 0 Å². The summed E-state index contributed by atoms with van der Waals surface area (Å²) in [5.41, 5.74) is 0.966. The molecule has 0 unspecified atom stereocenters. The highest BCUT2D eigenvalue weighted by molar-refractivity contribution is 7.89. The van der Waals surface area contributed by atoms with E-state index in [1.54, 1.807) is 19.2 Å². The number of benzene rings is 1. The average Bonchev–Trinajstić information content (AvgIpc) is 2.34. The van der Waals surface area contributed by atoms with Crippen LogP contribution >= 0.6 is 0 Å². The van der Waals surface area contributed by atoms with Gasteiger partial charge in [0.05, 0.1) is 4.90 Å². The molecule has 114 valence electrons. The Morgan fingerprint density at radius 3 is 2.15 bits per heavy atom. The number of likely N-dealkylation sites (N-methyl/N-ethyl adjacent to an activating group) is 2. The molecule has 1 rings (SSSR count). The molecule has 0 N–H and O–H groups in total. The number of nitrogens with zero attached hydrogens (tertiary/aromatic N) is 2. The van der Waals surface area contributed by atoms with Crippen molar-refractivity contribution in [1.29, 1.82) is 0 Å². The maximum absolute atomic E-state index is 12.5. The highest BCUT2D eigenvalue weighted by Gasteiger charge is 2.23. The number of sulfonamides is 1. The fraction of sp³-hybridized carbons (Fsp3) is 0.600. The Balaban J connectivity index is 3.04. The Morgan fingerprint density at radius 1 is 1.05 bits per heavy atom. The number of hydrogen-bond acceptors (Lipinski definition) is 3. The largest absolute Gasteiger partial charge is 0.308 e. The lowest BCUT2D eigenvalue weighted by molar-refractivity contribution is 0.358. The first-order valence-electron chi connectivity index (χ1n) is 6.77. The van der Waals surface area contributed by atoms with Crippen LogP contribution in [-0.2, 0) is 15.4 Å². The third-order valence-electron chi connectivity index (χ3n) is 3.27. The minimum Gasteiger partial charge on any atom is -0.308 e. The smallest absolute Gasteiger partial charge is 0.242 e. The maximum Gasteiger partial charge on any atom is 0.242 e. The minimum atomic E-state index is -3.41. The molecule has 0 aromatic heterocycles. The second-order valence-corrected chi connectivity index (χ2v) is 8.45. The van der Waals surface area contributed by atoms with Crippen LogP contribution in [-0.4, -0.2) is 51.9 Å². The summed E-state index contributed by atoms with van der Waals surface area (Å²) in [6.45, 7) is 7.42. The Kier molecular flexibility index (Phi) is 5.35. The zero-order valence-corrected chi connectivity index (χ0v) is 14.2. The fourth-order valence-electron chi connectivity index (χ4n) is 1.76. The molecule has 0 saturated carbocycles. The van der Waals surface area contributed by atoms with Crippen LogP contribution in [0.3, 0.4) is 0 Å². The van der Waals surface area contributed by atoms with Gasteiger partial charge < -0.3 is 4.90 Å². The van der Waals surface area contributed by atoms with E-state index in [4.69, 9.17) is 0 Å². The van der Waals surface area contributed by atoms with E-state index in [-0.39, 0.29) is 5.41 Å². The Hall–Kier alpha value is -0.910. The fourth-order valence-corrected chi connectivity index (χ4v) is 2.97. The summed E-state index contributed by atoms with van der Waals surface area (Å²) in [6.07, 6.45) is 0. The van der Waals surface area contributed by atoms with Gasteiger partial charge in [-0.05, 0) is 37.2 Å². The van der Waals surface area contributed by atoms with E-state index in [2.05, 4.69) is 20.8 Å². The van der Waals surface area contributed by atoms with E-state index < -0.39 is 10.0 Å². The first-order valence-corrected chi connectivity index (χ1v) is 8.21. The maximum atomic E-state index is 12.5. The van der Waals surface area contributed by atoms with Crippen LogP contribution in [0.4, 0.5) is 0 Å². The van der Waals surface area contributed by atoms with Crippen molar-refractivity contribution in [1.82, 2.24) is 9.21 Å². The van der Waals surface area contributed by atoms with Crippen LogP contribution in [0.1, 0.15) is 26.3 Å². The van der Waals surface area contributed by atoms with Gasteiger partial charge in [-0.15, -0.1) is 0 Å². The average molecular weight is 298 g/mol.